The van der Waals surface area contributed by atoms with Gasteiger partial charge in [-0.05, 0) is 18.6 Å². The lowest BCUT2D eigenvalue weighted by atomic mass is 10.0. The SMILES string of the molecule is CCCC(=O)C1CC(c2cnc3ccccn23)=CO1. The van der Waals surface area contributed by atoms with Crippen LogP contribution in [0.2, 0.25) is 0 Å². The number of pyridine rings is 1. The second-order valence-corrected chi connectivity index (χ2v) is 4.76. The normalized spacial score (nSPS) is 18.4. The van der Waals surface area contributed by atoms with Gasteiger partial charge in [-0.1, -0.05) is 13.0 Å². The molecular weight excluding hydrogens is 240 g/mol. The number of nitrogens with zero attached hydrogens (tertiary/aromatic N) is 2. The summed E-state index contributed by atoms with van der Waals surface area (Å²) in [5.74, 6) is 0.183. The number of Topliss-reactive ketones (excluding diaryl/α,β-unsaturated/α-hetero) is 1. The first-order valence-electron chi connectivity index (χ1n) is 6.59. The number of aromatic nitrogens is 2. The van der Waals surface area contributed by atoms with Crippen molar-refractivity contribution in [2.75, 3.05) is 0 Å². The zero-order chi connectivity index (χ0) is 13.2. The van der Waals surface area contributed by atoms with Crippen molar-refractivity contribution in [3.8, 4) is 0 Å². The monoisotopic (exact) mass is 256 g/mol. The second-order valence-electron chi connectivity index (χ2n) is 4.76. The lowest BCUT2D eigenvalue weighted by molar-refractivity contribution is -0.126. The molecule has 4 heteroatoms. The van der Waals surface area contributed by atoms with Gasteiger partial charge in [0.05, 0.1) is 18.2 Å². The number of carbonyl (C=O) groups excluding carboxylic acids is 1. The van der Waals surface area contributed by atoms with Gasteiger partial charge in [0, 0.05) is 24.6 Å². The van der Waals surface area contributed by atoms with Crippen molar-refractivity contribution in [3.05, 3.63) is 42.5 Å². The molecule has 1 aliphatic heterocycles. The van der Waals surface area contributed by atoms with Crippen LogP contribution in [0.5, 0.6) is 0 Å². The van der Waals surface area contributed by atoms with Gasteiger partial charge >= 0.3 is 0 Å². The fraction of sp³-hybridized carbons (Fsp3) is 0.333. The van der Waals surface area contributed by atoms with E-state index in [-0.39, 0.29) is 11.9 Å². The van der Waals surface area contributed by atoms with Gasteiger partial charge in [0.25, 0.3) is 0 Å². The highest BCUT2D eigenvalue weighted by Gasteiger charge is 2.26. The zero-order valence-electron chi connectivity index (χ0n) is 10.9. The third-order valence-corrected chi connectivity index (χ3v) is 3.38. The number of rotatable bonds is 4. The molecule has 2 aromatic rings. The molecule has 0 saturated carbocycles. The van der Waals surface area contributed by atoms with E-state index in [1.807, 2.05) is 41.9 Å². The molecule has 3 heterocycles. The van der Waals surface area contributed by atoms with Gasteiger partial charge in [0.1, 0.15) is 5.65 Å². The van der Waals surface area contributed by atoms with Gasteiger partial charge in [0.2, 0.25) is 0 Å². The van der Waals surface area contributed by atoms with Gasteiger partial charge in [-0.3, -0.25) is 9.20 Å². The average molecular weight is 256 g/mol. The van der Waals surface area contributed by atoms with E-state index < -0.39 is 0 Å². The van der Waals surface area contributed by atoms with Gasteiger partial charge in [0.15, 0.2) is 11.9 Å². The first kappa shape index (κ1) is 12.0. The van der Waals surface area contributed by atoms with E-state index in [4.69, 9.17) is 4.74 Å². The van der Waals surface area contributed by atoms with E-state index in [9.17, 15) is 4.79 Å². The van der Waals surface area contributed by atoms with Crippen LogP contribution in [0, 0.1) is 0 Å². The predicted octanol–water partition coefficient (Wildman–Crippen LogP) is 2.83. The molecular formula is C15H16N2O2. The van der Waals surface area contributed by atoms with Crippen LogP contribution in [-0.4, -0.2) is 21.3 Å². The third kappa shape index (κ3) is 2.14. The zero-order valence-corrected chi connectivity index (χ0v) is 10.9. The molecule has 1 unspecified atom stereocenters. The van der Waals surface area contributed by atoms with Crippen LogP contribution in [0.4, 0.5) is 0 Å². The number of hydrogen-bond acceptors (Lipinski definition) is 3. The summed E-state index contributed by atoms with van der Waals surface area (Å²) >= 11 is 0. The van der Waals surface area contributed by atoms with Crippen LogP contribution in [0.1, 0.15) is 31.9 Å². The summed E-state index contributed by atoms with van der Waals surface area (Å²) < 4.78 is 7.52. The van der Waals surface area contributed by atoms with E-state index >= 15 is 0 Å². The molecule has 0 amide bonds. The van der Waals surface area contributed by atoms with E-state index in [1.165, 1.54) is 0 Å². The van der Waals surface area contributed by atoms with Crippen molar-refractivity contribution in [2.45, 2.75) is 32.3 Å². The maximum absolute atomic E-state index is 11.8. The standard InChI is InChI=1S/C15H16N2O2/c1-2-5-13(18)14-8-11(10-19-14)12-9-16-15-6-3-4-7-17(12)15/h3-4,6-7,9-10,14H,2,5,8H2,1H3. The summed E-state index contributed by atoms with van der Waals surface area (Å²) in [6, 6.07) is 5.88. The van der Waals surface area contributed by atoms with E-state index in [2.05, 4.69) is 4.98 Å². The Kier molecular flexibility index (Phi) is 3.07. The molecule has 0 N–H and O–H groups in total. The number of imidazole rings is 1. The number of fused-ring (bicyclic) bond motifs is 1. The fourth-order valence-electron chi connectivity index (χ4n) is 2.39. The van der Waals surface area contributed by atoms with Crippen LogP contribution < -0.4 is 0 Å². The maximum Gasteiger partial charge on any atom is 0.173 e. The Bertz CT molecular complexity index is 642. The van der Waals surface area contributed by atoms with Gasteiger partial charge in [-0.15, -0.1) is 0 Å². The lowest BCUT2D eigenvalue weighted by Gasteiger charge is -2.07. The van der Waals surface area contributed by atoms with Crippen LogP contribution >= 0.6 is 0 Å². The molecule has 3 rings (SSSR count). The predicted molar refractivity (Wildman–Crippen MR) is 72.6 cm³/mol. The van der Waals surface area contributed by atoms with Crippen molar-refractivity contribution in [1.82, 2.24) is 9.38 Å². The molecule has 0 saturated heterocycles. The molecule has 0 aliphatic carbocycles. The second kappa shape index (κ2) is 4.88. The van der Waals surface area contributed by atoms with Crippen molar-refractivity contribution in [2.24, 2.45) is 0 Å². The molecule has 19 heavy (non-hydrogen) atoms. The summed E-state index contributed by atoms with van der Waals surface area (Å²) in [6.07, 6.45) is 7.28. The van der Waals surface area contributed by atoms with Crippen molar-refractivity contribution < 1.29 is 9.53 Å². The Morgan fingerprint density at radius 1 is 1.53 bits per heavy atom. The first-order valence-corrected chi connectivity index (χ1v) is 6.59. The van der Waals surface area contributed by atoms with E-state index in [1.54, 1.807) is 6.26 Å². The number of carbonyl (C=O) groups is 1. The smallest absolute Gasteiger partial charge is 0.173 e. The minimum absolute atomic E-state index is 0.183. The Morgan fingerprint density at radius 2 is 2.42 bits per heavy atom. The Morgan fingerprint density at radius 3 is 3.26 bits per heavy atom. The minimum Gasteiger partial charge on any atom is -0.490 e. The van der Waals surface area contributed by atoms with E-state index in [0.717, 1.165) is 23.3 Å². The van der Waals surface area contributed by atoms with Crippen molar-refractivity contribution >= 4 is 17.0 Å². The van der Waals surface area contributed by atoms with Gasteiger partial charge < -0.3 is 4.74 Å². The summed E-state index contributed by atoms with van der Waals surface area (Å²) in [6.45, 7) is 2.01. The Labute approximate surface area is 111 Å². The van der Waals surface area contributed by atoms with E-state index in [0.29, 0.717) is 12.8 Å². The van der Waals surface area contributed by atoms with Crippen LogP contribution in [0.15, 0.2) is 36.9 Å². The molecule has 0 aromatic carbocycles. The van der Waals surface area contributed by atoms with Crippen LogP contribution in [0.3, 0.4) is 0 Å². The van der Waals surface area contributed by atoms with Crippen molar-refractivity contribution in [3.63, 3.8) is 0 Å². The fourth-order valence-corrected chi connectivity index (χ4v) is 2.39. The van der Waals surface area contributed by atoms with Gasteiger partial charge in [-0.25, -0.2) is 4.98 Å². The molecule has 1 atom stereocenters. The van der Waals surface area contributed by atoms with Crippen molar-refractivity contribution in [1.29, 1.82) is 0 Å². The van der Waals surface area contributed by atoms with Crippen LogP contribution in [0.25, 0.3) is 11.2 Å². The summed E-state index contributed by atoms with van der Waals surface area (Å²) in [5, 5.41) is 0. The average Bonchev–Trinajstić information content (AvgIpc) is 3.05. The Hall–Kier alpha value is -2.10. The molecule has 0 radical (unpaired) electrons. The molecule has 98 valence electrons. The molecule has 0 spiro atoms. The topological polar surface area (TPSA) is 43.6 Å². The largest absolute Gasteiger partial charge is 0.490 e. The third-order valence-electron chi connectivity index (χ3n) is 3.38. The number of ether oxygens (including phenoxy) is 1. The Balaban J connectivity index is 1.83. The number of hydrogen-bond donors (Lipinski definition) is 0. The molecule has 1 aliphatic rings. The summed E-state index contributed by atoms with van der Waals surface area (Å²) in [7, 11) is 0. The summed E-state index contributed by atoms with van der Waals surface area (Å²) in [5.41, 5.74) is 2.94. The lowest BCUT2D eigenvalue weighted by Crippen LogP contribution is -2.19. The molecule has 4 nitrogen and oxygen atoms in total. The highest BCUT2D eigenvalue weighted by atomic mass is 16.5. The van der Waals surface area contributed by atoms with Crippen LogP contribution in [-0.2, 0) is 9.53 Å². The number of ketones is 1. The maximum atomic E-state index is 11.8. The molecule has 2 aromatic heterocycles. The molecule has 0 fully saturated rings. The highest BCUT2D eigenvalue weighted by Crippen LogP contribution is 2.28. The summed E-state index contributed by atoms with van der Waals surface area (Å²) in [4.78, 5) is 16.2. The quantitative estimate of drug-likeness (QED) is 0.844. The molecule has 0 bridgehead atoms. The van der Waals surface area contributed by atoms with Gasteiger partial charge in [-0.2, -0.15) is 0 Å². The highest BCUT2D eigenvalue weighted by molar-refractivity contribution is 5.86. The first-order chi connectivity index (χ1) is 9.29. The minimum atomic E-state index is -0.316.